The van der Waals surface area contributed by atoms with Crippen molar-refractivity contribution in [2.75, 3.05) is 36.8 Å². The Balaban J connectivity index is 1.62. The standard InChI is InChI=1S/C22H25F3N6O/c1-3-19(32)30-6-8-31(9-7-30)21-15-10-13(2)14(11-17(15)27-12-28-21)20-16(22(23,24)25)4-5-18(26)29-20/h3-5,12-14H,1,6-11H2,2H3,(H2,26,29)/t13-,14-/m0/s1. The van der Waals surface area contributed by atoms with Crippen molar-refractivity contribution in [1.82, 2.24) is 19.9 Å². The fourth-order valence-corrected chi connectivity index (χ4v) is 4.62. The Hall–Kier alpha value is -3.17. The number of nitrogens with zero attached hydrogens (tertiary/aromatic N) is 5. The summed E-state index contributed by atoms with van der Waals surface area (Å²) >= 11 is 0. The summed E-state index contributed by atoms with van der Waals surface area (Å²) < 4.78 is 40.9. The molecular formula is C22H25F3N6O. The molecule has 1 amide bonds. The average molecular weight is 446 g/mol. The van der Waals surface area contributed by atoms with E-state index in [-0.39, 0.29) is 23.3 Å². The van der Waals surface area contributed by atoms with E-state index in [1.807, 2.05) is 6.92 Å². The first kappa shape index (κ1) is 22.0. The number of nitrogen functional groups attached to an aromatic ring is 1. The highest BCUT2D eigenvalue weighted by molar-refractivity contribution is 5.87. The van der Waals surface area contributed by atoms with Gasteiger partial charge in [0.25, 0.3) is 0 Å². The molecule has 1 saturated heterocycles. The van der Waals surface area contributed by atoms with Gasteiger partial charge >= 0.3 is 6.18 Å². The summed E-state index contributed by atoms with van der Waals surface area (Å²) in [4.78, 5) is 28.7. The number of hydrogen-bond acceptors (Lipinski definition) is 6. The number of amides is 1. The van der Waals surface area contributed by atoms with Crippen molar-refractivity contribution in [3.63, 3.8) is 0 Å². The predicted molar refractivity (Wildman–Crippen MR) is 114 cm³/mol. The normalized spacial score (nSPS) is 21.2. The lowest BCUT2D eigenvalue weighted by atomic mass is 9.76. The first-order valence-corrected chi connectivity index (χ1v) is 10.5. The summed E-state index contributed by atoms with van der Waals surface area (Å²) in [5.74, 6) is 0.212. The van der Waals surface area contributed by atoms with Gasteiger partial charge in [-0.3, -0.25) is 4.79 Å². The Kier molecular flexibility index (Phi) is 5.79. The van der Waals surface area contributed by atoms with E-state index in [0.29, 0.717) is 39.0 Å². The highest BCUT2D eigenvalue weighted by atomic mass is 19.4. The maximum Gasteiger partial charge on any atom is 0.418 e. The van der Waals surface area contributed by atoms with Crippen molar-refractivity contribution >= 4 is 17.5 Å². The molecule has 3 heterocycles. The molecule has 0 saturated carbocycles. The molecule has 10 heteroatoms. The number of alkyl halides is 3. The number of anilines is 2. The molecule has 0 aromatic carbocycles. The van der Waals surface area contributed by atoms with Crippen LogP contribution in [0.1, 0.15) is 35.4 Å². The summed E-state index contributed by atoms with van der Waals surface area (Å²) in [5.41, 5.74) is 6.66. The molecule has 0 radical (unpaired) electrons. The number of pyridine rings is 1. The average Bonchev–Trinajstić information content (AvgIpc) is 2.77. The van der Waals surface area contributed by atoms with Crippen LogP contribution < -0.4 is 10.6 Å². The van der Waals surface area contributed by atoms with Crippen LogP contribution in [0.15, 0.2) is 31.1 Å². The van der Waals surface area contributed by atoms with Gasteiger partial charge in [0.05, 0.1) is 11.3 Å². The van der Waals surface area contributed by atoms with Crippen LogP contribution in [-0.4, -0.2) is 51.9 Å². The number of carbonyl (C=O) groups excluding carboxylic acids is 1. The lowest BCUT2D eigenvalue weighted by molar-refractivity contribution is -0.138. The highest BCUT2D eigenvalue weighted by Gasteiger charge is 2.40. The van der Waals surface area contributed by atoms with Gasteiger partial charge in [-0.1, -0.05) is 13.5 Å². The minimum absolute atomic E-state index is 0.0210. The summed E-state index contributed by atoms with van der Waals surface area (Å²) in [6, 6.07) is 2.19. The molecule has 1 fully saturated rings. The molecule has 1 aliphatic heterocycles. The molecule has 2 atom stereocenters. The fourth-order valence-electron chi connectivity index (χ4n) is 4.62. The van der Waals surface area contributed by atoms with Gasteiger partial charge in [-0.15, -0.1) is 0 Å². The molecular weight excluding hydrogens is 421 g/mol. The van der Waals surface area contributed by atoms with E-state index < -0.39 is 17.7 Å². The van der Waals surface area contributed by atoms with E-state index in [9.17, 15) is 18.0 Å². The van der Waals surface area contributed by atoms with Crippen LogP contribution in [0.4, 0.5) is 24.8 Å². The van der Waals surface area contributed by atoms with E-state index in [0.717, 1.165) is 23.1 Å². The molecule has 2 N–H and O–H groups in total. The second kappa shape index (κ2) is 8.40. The minimum Gasteiger partial charge on any atom is -0.384 e. The number of rotatable bonds is 3. The number of halogens is 3. The molecule has 32 heavy (non-hydrogen) atoms. The molecule has 170 valence electrons. The number of fused-ring (bicyclic) bond motifs is 1. The molecule has 2 aromatic rings. The van der Waals surface area contributed by atoms with E-state index >= 15 is 0 Å². The van der Waals surface area contributed by atoms with E-state index in [1.54, 1.807) is 4.90 Å². The van der Waals surface area contributed by atoms with Gasteiger partial charge in [0, 0.05) is 43.4 Å². The summed E-state index contributed by atoms with van der Waals surface area (Å²) in [6.45, 7) is 7.82. The van der Waals surface area contributed by atoms with Crippen LogP contribution in [0.5, 0.6) is 0 Å². The molecule has 1 aliphatic carbocycles. The van der Waals surface area contributed by atoms with Gasteiger partial charge in [-0.05, 0) is 37.0 Å². The summed E-state index contributed by atoms with van der Waals surface area (Å²) in [6.07, 6.45) is -0.866. The molecule has 0 bridgehead atoms. The Labute approximate surface area is 184 Å². The lowest BCUT2D eigenvalue weighted by Gasteiger charge is -2.38. The molecule has 0 spiro atoms. The van der Waals surface area contributed by atoms with Crippen molar-refractivity contribution in [2.24, 2.45) is 5.92 Å². The van der Waals surface area contributed by atoms with E-state index in [4.69, 9.17) is 5.73 Å². The van der Waals surface area contributed by atoms with Crippen LogP contribution in [0.3, 0.4) is 0 Å². The van der Waals surface area contributed by atoms with Gasteiger partial charge in [-0.25, -0.2) is 15.0 Å². The number of aromatic nitrogens is 3. The van der Waals surface area contributed by atoms with E-state index in [2.05, 4.69) is 26.4 Å². The Morgan fingerprint density at radius 1 is 1.19 bits per heavy atom. The van der Waals surface area contributed by atoms with Gasteiger partial charge in [0.2, 0.25) is 5.91 Å². The molecule has 4 rings (SSSR count). The first-order valence-electron chi connectivity index (χ1n) is 10.5. The molecule has 2 aliphatic rings. The third kappa shape index (κ3) is 4.13. The number of piperazine rings is 1. The van der Waals surface area contributed by atoms with Crippen LogP contribution in [0.2, 0.25) is 0 Å². The molecule has 2 aromatic heterocycles. The van der Waals surface area contributed by atoms with Crippen molar-refractivity contribution in [3.8, 4) is 0 Å². The van der Waals surface area contributed by atoms with Crippen molar-refractivity contribution in [2.45, 2.75) is 31.9 Å². The Morgan fingerprint density at radius 3 is 2.56 bits per heavy atom. The third-order valence-corrected chi connectivity index (χ3v) is 6.31. The van der Waals surface area contributed by atoms with E-state index in [1.165, 1.54) is 18.5 Å². The second-order valence-electron chi connectivity index (χ2n) is 8.30. The smallest absolute Gasteiger partial charge is 0.384 e. The second-order valence-corrected chi connectivity index (χ2v) is 8.30. The summed E-state index contributed by atoms with van der Waals surface area (Å²) in [5, 5.41) is 0. The van der Waals surface area contributed by atoms with Gasteiger partial charge in [-0.2, -0.15) is 13.2 Å². The topological polar surface area (TPSA) is 88.2 Å². The quantitative estimate of drug-likeness (QED) is 0.730. The maximum absolute atomic E-state index is 13.6. The minimum atomic E-state index is -4.50. The van der Waals surface area contributed by atoms with Gasteiger partial charge in [0.1, 0.15) is 18.0 Å². The van der Waals surface area contributed by atoms with Gasteiger partial charge in [0.15, 0.2) is 0 Å². The summed E-state index contributed by atoms with van der Waals surface area (Å²) in [7, 11) is 0. The monoisotopic (exact) mass is 446 g/mol. The van der Waals surface area contributed by atoms with Crippen LogP contribution in [0.25, 0.3) is 0 Å². The first-order chi connectivity index (χ1) is 15.2. The third-order valence-electron chi connectivity index (χ3n) is 6.31. The SMILES string of the molecule is C=CC(=O)N1CCN(c2ncnc3c2C[C@H](C)[C@@H](c2nc(N)ccc2C(F)(F)F)C3)CC1. The van der Waals surface area contributed by atoms with Crippen LogP contribution >= 0.6 is 0 Å². The van der Waals surface area contributed by atoms with Gasteiger partial charge < -0.3 is 15.5 Å². The van der Waals surface area contributed by atoms with Crippen molar-refractivity contribution in [3.05, 3.63) is 53.6 Å². The van der Waals surface area contributed by atoms with Crippen molar-refractivity contribution < 1.29 is 18.0 Å². The van der Waals surface area contributed by atoms with Crippen LogP contribution in [0, 0.1) is 5.92 Å². The predicted octanol–water partition coefficient (Wildman–Crippen LogP) is 2.83. The largest absolute Gasteiger partial charge is 0.418 e. The van der Waals surface area contributed by atoms with Crippen molar-refractivity contribution in [1.29, 1.82) is 0 Å². The maximum atomic E-state index is 13.6. The Bertz CT molecular complexity index is 1030. The Morgan fingerprint density at radius 2 is 1.91 bits per heavy atom. The molecule has 0 unspecified atom stereocenters. The number of nitrogens with two attached hydrogens (primary N) is 1. The van der Waals surface area contributed by atoms with Crippen LogP contribution in [-0.2, 0) is 23.8 Å². The zero-order valence-electron chi connectivity index (χ0n) is 17.8. The fraction of sp³-hybridized carbons (Fsp3) is 0.455. The number of carbonyl (C=O) groups is 1. The zero-order chi connectivity index (χ0) is 23.0. The number of hydrogen-bond donors (Lipinski definition) is 1. The zero-order valence-corrected chi connectivity index (χ0v) is 17.8. The lowest BCUT2D eigenvalue weighted by Crippen LogP contribution is -2.49. The molecule has 7 nitrogen and oxygen atoms in total. The highest BCUT2D eigenvalue weighted by Crippen LogP contribution is 2.43.